The molecule has 28 heavy (non-hydrogen) atoms. The van der Waals surface area contributed by atoms with Crippen molar-refractivity contribution in [3.63, 3.8) is 0 Å². The summed E-state index contributed by atoms with van der Waals surface area (Å²) in [5.41, 5.74) is -2.52. The minimum absolute atomic E-state index is 0.00680. The predicted molar refractivity (Wildman–Crippen MR) is 87.4 cm³/mol. The summed E-state index contributed by atoms with van der Waals surface area (Å²) in [6, 6.07) is 1.78. The summed E-state index contributed by atoms with van der Waals surface area (Å²) in [6.45, 7) is 2.57. The second kappa shape index (κ2) is 6.48. The van der Waals surface area contributed by atoms with Crippen molar-refractivity contribution in [1.29, 1.82) is 0 Å². The maximum Gasteiger partial charge on any atom is 0.417 e. The van der Waals surface area contributed by atoms with Crippen LogP contribution in [-0.2, 0) is 6.18 Å². The molecule has 3 aromatic rings. The number of benzene rings is 1. The number of aryl methyl sites for hydroxylation is 2. The van der Waals surface area contributed by atoms with Gasteiger partial charge in [-0.05, 0) is 25.5 Å². The summed E-state index contributed by atoms with van der Waals surface area (Å²) in [4.78, 5) is 17.8. The third kappa shape index (κ3) is 3.19. The van der Waals surface area contributed by atoms with Crippen molar-refractivity contribution in [2.75, 3.05) is 0 Å². The van der Waals surface area contributed by atoms with Gasteiger partial charge in [0.25, 0.3) is 5.89 Å². The van der Waals surface area contributed by atoms with Gasteiger partial charge in [0.1, 0.15) is 0 Å². The summed E-state index contributed by atoms with van der Waals surface area (Å²) in [7, 11) is 0. The lowest BCUT2D eigenvalue weighted by Gasteiger charge is -2.14. The predicted octanol–water partition coefficient (Wildman–Crippen LogP) is 3.75. The van der Waals surface area contributed by atoms with Gasteiger partial charge < -0.3 is 14.7 Å². The van der Waals surface area contributed by atoms with E-state index in [1.165, 1.54) is 13.8 Å². The molecule has 2 N–H and O–H groups in total. The first-order chi connectivity index (χ1) is 13.0. The fourth-order valence-corrected chi connectivity index (χ4v) is 2.64. The molecule has 3 rings (SSSR count). The smallest absolute Gasteiger partial charge is 0.417 e. The van der Waals surface area contributed by atoms with Crippen molar-refractivity contribution in [2.45, 2.75) is 20.0 Å². The van der Waals surface area contributed by atoms with E-state index in [-0.39, 0.29) is 22.6 Å². The topological polar surface area (TPSA) is 135 Å². The maximum atomic E-state index is 13.5. The Kier molecular flexibility index (Phi) is 4.41. The molecule has 2 heterocycles. The fourth-order valence-electron chi connectivity index (χ4n) is 2.64. The molecule has 0 aliphatic rings. The summed E-state index contributed by atoms with van der Waals surface area (Å²) in [6.07, 6.45) is -3.64. The number of alkyl halides is 3. The number of aromatic nitrogens is 3. The standard InChI is InChI=1S/C16H11F3N4O5/c1-6-5-20-7(2)11(12(6)16(17,18)19)15-21-14(22-28-15)8-3-9(23(26)27)13(25)10(24)4-8/h3-5,24-25H,1-2H3. The SMILES string of the molecule is Cc1cnc(C)c(-c2nc(-c3cc(O)c(O)c([N+](=O)[O-])c3)no2)c1C(F)(F)F. The van der Waals surface area contributed by atoms with Crippen LogP contribution in [0.3, 0.4) is 0 Å². The Labute approximate surface area is 154 Å². The molecule has 2 aromatic heterocycles. The molecule has 146 valence electrons. The molecule has 0 saturated carbocycles. The van der Waals surface area contributed by atoms with E-state index in [4.69, 9.17) is 4.52 Å². The summed E-state index contributed by atoms with van der Waals surface area (Å²) in [5, 5.41) is 33.7. The highest BCUT2D eigenvalue weighted by molar-refractivity contribution is 5.70. The van der Waals surface area contributed by atoms with Gasteiger partial charge in [-0.3, -0.25) is 15.1 Å². The average Bonchev–Trinajstić information content (AvgIpc) is 3.07. The molecule has 0 unspecified atom stereocenters. The maximum absolute atomic E-state index is 13.5. The van der Waals surface area contributed by atoms with E-state index in [2.05, 4.69) is 15.1 Å². The van der Waals surface area contributed by atoms with Crippen molar-refractivity contribution in [3.05, 3.63) is 45.3 Å². The van der Waals surface area contributed by atoms with Crippen LogP contribution in [0.1, 0.15) is 16.8 Å². The average molecular weight is 396 g/mol. The van der Waals surface area contributed by atoms with Crippen molar-refractivity contribution >= 4 is 5.69 Å². The van der Waals surface area contributed by atoms with Crippen molar-refractivity contribution in [2.24, 2.45) is 0 Å². The van der Waals surface area contributed by atoms with E-state index >= 15 is 0 Å². The summed E-state index contributed by atoms with van der Waals surface area (Å²) < 4.78 is 45.4. The zero-order valence-electron chi connectivity index (χ0n) is 14.3. The minimum Gasteiger partial charge on any atom is -0.504 e. The van der Waals surface area contributed by atoms with Gasteiger partial charge in [-0.2, -0.15) is 18.2 Å². The Bertz CT molecular complexity index is 1090. The lowest BCUT2D eigenvalue weighted by atomic mass is 10.0. The van der Waals surface area contributed by atoms with Crippen molar-refractivity contribution in [1.82, 2.24) is 15.1 Å². The number of nitro groups is 1. The molecule has 0 radical (unpaired) electrons. The number of nitro benzene ring substituents is 1. The fraction of sp³-hybridized carbons (Fsp3) is 0.188. The lowest BCUT2D eigenvalue weighted by molar-refractivity contribution is -0.385. The van der Waals surface area contributed by atoms with Crippen LogP contribution in [-0.4, -0.2) is 30.3 Å². The van der Waals surface area contributed by atoms with E-state index < -0.39 is 45.3 Å². The van der Waals surface area contributed by atoms with Gasteiger partial charge in [0.05, 0.1) is 21.7 Å². The second-order valence-corrected chi connectivity index (χ2v) is 5.82. The van der Waals surface area contributed by atoms with Crippen LogP contribution in [0.2, 0.25) is 0 Å². The molecule has 1 aromatic carbocycles. The van der Waals surface area contributed by atoms with Gasteiger partial charge in [0, 0.05) is 17.8 Å². The molecule has 0 saturated heterocycles. The van der Waals surface area contributed by atoms with Crippen LogP contribution in [0, 0.1) is 24.0 Å². The first kappa shape index (κ1) is 19.1. The largest absolute Gasteiger partial charge is 0.504 e. The summed E-state index contributed by atoms with van der Waals surface area (Å²) in [5.74, 6) is -2.59. The molecule has 0 spiro atoms. The molecule has 12 heteroatoms. The highest BCUT2D eigenvalue weighted by Gasteiger charge is 2.38. The van der Waals surface area contributed by atoms with Crippen LogP contribution in [0.4, 0.5) is 18.9 Å². The second-order valence-electron chi connectivity index (χ2n) is 5.82. The van der Waals surface area contributed by atoms with Gasteiger partial charge in [0.15, 0.2) is 5.75 Å². The molecular weight excluding hydrogens is 385 g/mol. The van der Waals surface area contributed by atoms with Crippen LogP contribution in [0.5, 0.6) is 11.5 Å². The number of hydrogen-bond acceptors (Lipinski definition) is 8. The molecule has 9 nitrogen and oxygen atoms in total. The van der Waals surface area contributed by atoms with Crippen LogP contribution in [0.15, 0.2) is 22.9 Å². The molecule has 0 aliphatic carbocycles. The number of phenolic OH excluding ortho intramolecular Hbond substituents is 2. The molecular formula is C16H11F3N4O5. The molecule has 0 aliphatic heterocycles. The van der Waals surface area contributed by atoms with E-state index in [1.807, 2.05) is 0 Å². The number of nitrogens with zero attached hydrogens (tertiary/aromatic N) is 4. The third-order valence-corrected chi connectivity index (χ3v) is 3.91. The van der Waals surface area contributed by atoms with Gasteiger partial charge in [-0.15, -0.1) is 0 Å². The van der Waals surface area contributed by atoms with Crippen molar-refractivity contribution < 1.29 is 32.8 Å². The van der Waals surface area contributed by atoms with Crippen LogP contribution >= 0.6 is 0 Å². The Hall–Kier alpha value is -3.70. The Morgan fingerprint density at radius 2 is 1.89 bits per heavy atom. The quantitative estimate of drug-likeness (QED) is 0.388. The van der Waals surface area contributed by atoms with Gasteiger partial charge in [0.2, 0.25) is 11.6 Å². The zero-order valence-corrected chi connectivity index (χ0v) is 14.3. The number of halogens is 3. The third-order valence-electron chi connectivity index (χ3n) is 3.91. The first-order valence-electron chi connectivity index (χ1n) is 7.59. The molecule has 0 fully saturated rings. The number of hydrogen-bond donors (Lipinski definition) is 2. The molecule has 0 amide bonds. The van der Waals surface area contributed by atoms with Gasteiger partial charge >= 0.3 is 11.9 Å². The van der Waals surface area contributed by atoms with E-state index in [9.17, 15) is 33.5 Å². The molecule has 0 bridgehead atoms. The Morgan fingerprint density at radius 3 is 2.50 bits per heavy atom. The van der Waals surface area contributed by atoms with E-state index in [0.717, 1.165) is 18.3 Å². The monoisotopic (exact) mass is 396 g/mol. The normalized spacial score (nSPS) is 11.6. The van der Waals surface area contributed by atoms with Crippen molar-refractivity contribution in [3.8, 4) is 34.3 Å². The minimum atomic E-state index is -4.71. The van der Waals surface area contributed by atoms with Crippen LogP contribution < -0.4 is 0 Å². The van der Waals surface area contributed by atoms with E-state index in [1.54, 1.807) is 0 Å². The Balaban J connectivity index is 2.18. The number of phenols is 2. The zero-order chi connectivity index (χ0) is 20.8. The number of rotatable bonds is 3. The number of aromatic hydroxyl groups is 2. The lowest BCUT2D eigenvalue weighted by Crippen LogP contribution is -2.12. The van der Waals surface area contributed by atoms with Gasteiger partial charge in [-0.1, -0.05) is 5.16 Å². The highest BCUT2D eigenvalue weighted by Crippen LogP contribution is 2.41. The van der Waals surface area contributed by atoms with Gasteiger partial charge in [-0.25, -0.2) is 0 Å². The highest BCUT2D eigenvalue weighted by atomic mass is 19.4. The summed E-state index contributed by atoms with van der Waals surface area (Å²) >= 11 is 0. The Morgan fingerprint density at radius 1 is 1.21 bits per heavy atom. The van der Waals surface area contributed by atoms with E-state index in [0.29, 0.717) is 0 Å². The first-order valence-corrected chi connectivity index (χ1v) is 7.59. The molecule has 0 atom stereocenters. The number of pyridine rings is 1. The van der Waals surface area contributed by atoms with Crippen LogP contribution in [0.25, 0.3) is 22.8 Å².